The Balaban J connectivity index is 0.000000425. The van der Waals surface area contributed by atoms with Crippen molar-refractivity contribution in [3.8, 4) is 17.2 Å². The van der Waals surface area contributed by atoms with Crippen molar-refractivity contribution in [1.29, 1.82) is 0 Å². The van der Waals surface area contributed by atoms with E-state index in [1.165, 1.54) is 176 Å². The maximum Gasteiger partial charge on any atom is 0.119 e. The van der Waals surface area contributed by atoms with Crippen LogP contribution < -0.4 is 0 Å². The standard InChI is InChI=1S/3C18H18.2C14H16.C11H14.3C10H14O.C10H14.7C2H6/c1-3-13(2)18-16-10-6-4-8-14(16)12-15-9-5-7-11-17(15)18;1-3-13(2)14-8-9-17-11-15-6-4-5-7-16(15)12-18(17)10-14;1-3-13(2)16-11-10-15-9-8-14-6-4-5-7-17(14)18(15)12-16;1-3-11(2)13-10-6-8-12-7-4-5-9-14(12)13;1-3-11(2)13-9-8-12-6-4-5-7-14(12)10-13;1-8-7-10-5-3-4-6-11(10)9(8)2;1-3-8(2)9-4-6-10(11)7-5-9;1-3-8(2)9-5-4-6-10(11)7-9;1-3-8(2)9-6-4-5-7-10(9)11;1-3-9(2)10-7-5-4-6-8-10;7*1-2/h3*4-13H,3H2,1-2H3;2*4-11H,3H2,1-2H3;3-6,8-9H,7H2,1-2H3;3*4-8,11H,3H2,1-2H3;4-9H,3H2,1-2H3;7*1-2H3. The minimum atomic E-state index is 0.344. The quantitative estimate of drug-likeness (QED) is 0.0593. The average molecular weight is 2010 g/mol. The lowest BCUT2D eigenvalue weighted by molar-refractivity contribution is 0.462. The summed E-state index contributed by atoms with van der Waals surface area (Å²) in [5.41, 5.74) is 15.5. The predicted octanol–water partition coefficient (Wildman–Crippen LogP) is 47.3. The van der Waals surface area contributed by atoms with Crippen LogP contribution in [0.4, 0.5) is 0 Å². The summed E-state index contributed by atoms with van der Waals surface area (Å²) in [7, 11) is 0. The van der Waals surface area contributed by atoms with Crippen LogP contribution in [0, 0.1) is 5.92 Å². The van der Waals surface area contributed by atoms with Gasteiger partial charge < -0.3 is 15.3 Å². The Morgan fingerprint density at radius 1 is 0.200 bits per heavy atom. The van der Waals surface area contributed by atoms with E-state index in [-0.39, 0.29) is 0 Å². The Morgan fingerprint density at radius 3 is 0.967 bits per heavy atom. The maximum absolute atomic E-state index is 9.41. The van der Waals surface area contributed by atoms with Gasteiger partial charge in [-0.05, 0) is 325 Å². The van der Waals surface area contributed by atoms with Gasteiger partial charge in [-0.2, -0.15) is 0 Å². The van der Waals surface area contributed by atoms with Crippen molar-refractivity contribution in [2.45, 2.75) is 359 Å². The zero-order chi connectivity index (χ0) is 112. The van der Waals surface area contributed by atoms with Gasteiger partial charge in [0.1, 0.15) is 17.2 Å². The first-order chi connectivity index (χ1) is 72.9. The molecule has 0 bridgehead atoms. The smallest absolute Gasteiger partial charge is 0.119 e. The van der Waals surface area contributed by atoms with Crippen molar-refractivity contribution in [2.75, 3.05) is 0 Å². The Hall–Kier alpha value is -12.6. The number of aromatic hydroxyl groups is 3. The molecule has 18 aromatic rings. The first-order valence-corrected chi connectivity index (χ1v) is 58.1. The molecule has 0 saturated heterocycles. The topological polar surface area (TPSA) is 60.7 Å². The molecular formula is C147H198O3. The fourth-order valence-electron chi connectivity index (χ4n) is 17.7. The minimum absolute atomic E-state index is 0.344. The molecule has 804 valence electrons. The normalized spacial score (nSPS) is 13.2. The molecule has 3 N–H and O–H groups in total. The minimum Gasteiger partial charge on any atom is -0.508 e. The Morgan fingerprint density at radius 2 is 0.493 bits per heavy atom. The van der Waals surface area contributed by atoms with Crippen LogP contribution in [-0.4, -0.2) is 15.3 Å². The van der Waals surface area contributed by atoms with Crippen LogP contribution in [0.2, 0.25) is 0 Å². The first-order valence-electron chi connectivity index (χ1n) is 58.1. The molecule has 1 aliphatic carbocycles. The molecule has 1 aliphatic rings. The summed E-state index contributed by atoms with van der Waals surface area (Å²) < 4.78 is 0. The lowest BCUT2D eigenvalue weighted by atomic mass is 9.88. The highest BCUT2D eigenvalue weighted by molar-refractivity contribution is 6.08. The molecule has 3 nitrogen and oxygen atoms in total. The van der Waals surface area contributed by atoms with Gasteiger partial charge in [0, 0.05) is 0 Å². The summed E-state index contributed by atoms with van der Waals surface area (Å²) in [6.45, 7) is 72.8. The lowest BCUT2D eigenvalue weighted by Crippen LogP contribution is -1.97. The van der Waals surface area contributed by atoms with Crippen molar-refractivity contribution in [1.82, 2.24) is 0 Å². The molecule has 0 spiro atoms. The highest BCUT2D eigenvalue weighted by Crippen LogP contribution is 2.40. The van der Waals surface area contributed by atoms with Crippen LogP contribution in [0.1, 0.15) is 414 Å². The molecule has 0 radical (unpaired) electrons. The summed E-state index contributed by atoms with van der Waals surface area (Å²) in [5, 5.41) is 49.3. The van der Waals surface area contributed by atoms with Crippen molar-refractivity contribution in [3.05, 3.63) is 437 Å². The molecule has 19 rings (SSSR count). The van der Waals surface area contributed by atoms with Crippen LogP contribution in [-0.2, 0) is 6.42 Å². The predicted molar refractivity (Wildman–Crippen MR) is 679 cm³/mol. The number of para-hydroxylation sites is 1. The molecule has 18 aromatic carbocycles. The van der Waals surface area contributed by atoms with E-state index in [0.29, 0.717) is 70.5 Å². The molecule has 0 aliphatic heterocycles. The number of rotatable bonds is 18. The van der Waals surface area contributed by atoms with Crippen molar-refractivity contribution < 1.29 is 15.3 Å². The van der Waals surface area contributed by atoms with Crippen molar-refractivity contribution in [3.63, 3.8) is 0 Å². The van der Waals surface area contributed by atoms with Crippen LogP contribution in [0.25, 0.3) is 86.2 Å². The van der Waals surface area contributed by atoms with Gasteiger partial charge >= 0.3 is 0 Å². The molecule has 0 fully saturated rings. The summed E-state index contributed by atoms with van der Waals surface area (Å²) in [4.78, 5) is 0. The lowest BCUT2D eigenvalue weighted by Gasteiger charge is -2.16. The number of hydrogen-bond acceptors (Lipinski definition) is 3. The first kappa shape index (κ1) is 132. The van der Waals surface area contributed by atoms with Crippen LogP contribution in [0.15, 0.2) is 376 Å². The molecular weight excluding hydrogens is 1810 g/mol. The molecule has 0 heterocycles. The van der Waals surface area contributed by atoms with Gasteiger partial charge in [0.05, 0.1) is 0 Å². The second kappa shape index (κ2) is 75.2. The summed E-state index contributed by atoms with van der Waals surface area (Å²) in [6, 6.07) is 132. The van der Waals surface area contributed by atoms with Crippen LogP contribution >= 0.6 is 0 Å². The van der Waals surface area contributed by atoms with E-state index in [1.807, 2.05) is 145 Å². The molecule has 150 heavy (non-hydrogen) atoms. The third-order valence-electron chi connectivity index (χ3n) is 28.8. The second-order valence-electron chi connectivity index (χ2n) is 38.1. The Labute approximate surface area is 914 Å². The molecule has 3 heteroatoms. The van der Waals surface area contributed by atoms with E-state index in [9.17, 15) is 5.11 Å². The maximum atomic E-state index is 9.41. The summed E-state index contributed by atoms with van der Waals surface area (Å²) in [6.07, 6.45) is 11.8. The molecule has 0 aromatic heterocycles. The average Bonchev–Trinajstić information content (AvgIpc) is 0.895. The number of benzene rings is 18. The van der Waals surface area contributed by atoms with Crippen molar-refractivity contribution in [2.24, 2.45) is 5.92 Å². The van der Waals surface area contributed by atoms with E-state index in [4.69, 9.17) is 10.2 Å². The Bertz CT molecular complexity index is 6550. The highest BCUT2D eigenvalue weighted by atomic mass is 16.3. The Kier molecular flexibility index (Phi) is 66.0. The number of phenols is 3. The van der Waals surface area contributed by atoms with Crippen LogP contribution in [0.5, 0.6) is 17.2 Å². The zero-order valence-electron chi connectivity index (χ0n) is 99.6. The van der Waals surface area contributed by atoms with E-state index in [1.54, 1.807) is 35.4 Å². The van der Waals surface area contributed by atoms with Crippen molar-refractivity contribution >= 4 is 86.2 Å². The number of fused-ring (bicyclic) bond motifs is 10. The second-order valence-corrected chi connectivity index (χ2v) is 38.1. The molecule has 0 saturated carbocycles. The monoisotopic (exact) mass is 2010 g/mol. The van der Waals surface area contributed by atoms with Gasteiger partial charge in [0.25, 0.3) is 0 Å². The number of hydrogen-bond donors (Lipinski definition) is 3. The highest BCUT2D eigenvalue weighted by Gasteiger charge is 2.25. The van der Waals surface area contributed by atoms with Gasteiger partial charge in [-0.3, -0.25) is 0 Å². The number of phenolic OH excluding ortho intramolecular Hbond substituents is 3. The van der Waals surface area contributed by atoms with Gasteiger partial charge in [0.2, 0.25) is 0 Å². The van der Waals surface area contributed by atoms with Crippen LogP contribution in [0.3, 0.4) is 0 Å². The van der Waals surface area contributed by atoms with Gasteiger partial charge in [0.15, 0.2) is 0 Å². The molecule has 11 unspecified atom stereocenters. The third-order valence-corrected chi connectivity index (χ3v) is 28.8. The van der Waals surface area contributed by atoms with E-state index >= 15 is 0 Å². The fraction of sp³-hybridized carbons (Fsp3) is 0.374. The zero-order valence-corrected chi connectivity index (χ0v) is 99.6. The summed E-state index contributed by atoms with van der Waals surface area (Å²) in [5.74, 6) is 8.23. The SMILES string of the molecule is CC.CC.CC.CC.CC.CC.CC.CC1Cc2ccccc2C1C.CCC(C)c1c2ccccc2cc2ccccc12.CCC(C)c1ccc(O)cc1.CCC(C)c1ccc2cc3ccccc3cc2c1.CCC(C)c1ccc2ccc3ccccc3c2c1.CCC(C)c1ccc2ccccc2c1.CCC(C)c1cccc(O)c1.CCC(C)c1cccc2ccccc12.CCC(C)c1ccccc1.CCC(C)c1ccccc1O. The fourth-order valence-corrected chi connectivity index (χ4v) is 17.7. The molecule has 11 atom stereocenters. The molecule has 0 amide bonds. The van der Waals surface area contributed by atoms with Gasteiger partial charge in [-0.1, -0.05) is 563 Å². The summed E-state index contributed by atoms with van der Waals surface area (Å²) >= 11 is 0. The third kappa shape index (κ3) is 41.3. The van der Waals surface area contributed by atoms with E-state index in [2.05, 4.69) is 442 Å². The van der Waals surface area contributed by atoms with Gasteiger partial charge in [-0.25, -0.2) is 0 Å². The van der Waals surface area contributed by atoms with E-state index in [0.717, 1.165) is 36.7 Å². The van der Waals surface area contributed by atoms with Gasteiger partial charge in [-0.15, -0.1) is 0 Å². The largest absolute Gasteiger partial charge is 0.508 e. The van der Waals surface area contributed by atoms with E-state index < -0.39 is 0 Å².